The summed E-state index contributed by atoms with van der Waals surface area (Å²) < 4.78 is 0. The molecule has 0 aromatic rings. The van der Waals surface area contributed by atoms with Crippen LogP contribution in [-0.2, 0) is 0 Å². The number of hydrogen-bond donors (Lipinski definition) is 0. The summed E-state index contributed by atoms with van der Waals surface area (Å²) in [7, 11) is 0. The van der Waals surface area contributed by atoms with Gasteiger partial charge in [-0.05, 0) is 42.3 Å². The van der Waals surface area contributed by atoms with Crippen molar-refractivity contribution >= 4 is 11.8 Å². The third-order valence-corrected chi connectivity index (χ3v) is 5.32. The molecule has 0 radical (unpaired) electrons. The smallest absolute Gasteiger partial charge is 0.0110 e. The van der Waals surface area contributed by atoms with Gasteiger partial charge in [-0.25, -0.2) is 0 Å². The molecule has 15 heavy (non-hydrogen) atoms. The summed E-state index contributed by atoms with van der Waals surface area (Å²) in [6.45, 7) is 8.66. The van der Waals surface area contributed by atoms with E-state index in [1.807, 2.05) is 17.8 Å². The SMILES string of the molecule is C=CCSCCC1=CC[C@@H]2C[C@H]1C2(C)C. The molecule has 0 amide bonds. The topological polar surface area (TPSA) is 0 Å². The molecule has 0 aliphatic heterocycles. The molecule has 0 aromatic heterocycles. The minimum absolute atomic E-state index is 0.604. The molecule has 1 fully saturated rings. The van der Waals surface area contributed by atoms with Gasteiger partial charge in [0, 0.05) is 5.75 Å². The Kier molecular flexibility index (Phi) is 3.30. The minimum atomic E-state index is 0.604. The molecule has 1 saturated carbocycles. The van der Waals surface area contributed by atoms with E-state index in [4.69, 9.17) is 0 Å². The molecule has 1 heteroatoms. The summed E-state index contributed by atoms with van der Waals surface area (Å²) in [5, 5.41) is 0. The van der Waals surface area contributed by atoms with Gasteiger partial charge in [0.15, 0.2) is 0 Å². The van der Waals surface area contributed by atoms with Crippen LogP contribution in [0.15, 0.2) is 24.3 Å². The molecular weight excluding hydrogens is 200 g/mol. The Morgan fingerprint density at radius 3 is 3.00 bits per heavy atom. The third kappa shape index (κ3) is 2.04. The Bertz CT molecular complexity index is 275. The Balaban J connectivity index is 1.83. The van der Waals surface area contributed by atoms with E-state index in [0.717, 1.165) is 17.6 Å². The summed E-state index contributed by atoms with van der Waals surface area (Å²) in [6.07, 6.45) is 8.64. The predicted octanol–water partition coefficient (Wildman–Crippen LogP) is 4.29. The van der Waals surface area contributed by atoms with Gasteiger partial charge in [0.05, 0.1) is 0 Å². The molecule has 0 saturated heterocycles. The van der Waals surface area contributed by atoms with Crippen LogP contribution in [-0.4, -0.2) is 11.5 Å². The van der Waals surface area contributed by atoms with Crippen molar-refractivity contribution in [1.82, 2.24) is 0 Å². The van der Waals surface area contributed by atoms with Crippen LogP contribution in [0.25, 0.3) is 0 Å². The molecular formula is C14H22S. The fourth-order valence-electron chi connectivity index (χ4n) is 3.11. The zero-order valence-electron chi connectivity index (χ0n) is 9.96. The molecule has 3 aliphatic rings. The molecule has 0 N–H and O–H groups in total. The fourth-order valence-corrected chi connectivity index (χ4v) is 3.83. The summed E-state index contributed by atoms with van der Waals surface area (Å²) in [6, 6.07) is 0. The third-order valence-electron chi connectivity index (χ3n) is 4.35. The summed E-state index contributed by atoms with van der Waals surface area (Å²) in [4.78, 5) is 0. The number of allylic oxidation sites excluding steroid dienone is 2. The van der Waals surface area contributed by atoms with Crippen molar-refractivity contribution in [3.8, 4) is 0 Å². The van der Waals surface area contributed by atoms with Crippen LogP contribution >= 0.6 is 11.8 Å². The first-order valence-electron chi connectivity index (χ1n) is 6.04. The van der Waals surface area contributed by atoms with Gasteiger partial charge >= 0.3 is 0 Å². The van der Waals surface area contributed by atoms with Gasteiger partial charge in [-0.3, -0.25) is 0 Å². The number of thioether (sulfide) groups is 1. The molecule has 2 atom stereocenters. The maximum atomic E-state index is 3.76. The van der Waals surface area contributed by atoms with Crippen molar-refractivity contribution in [2.75, 3.05) is 11.5 Å². The van der Waals surface area contributed by atoms with Crippen LogP contribution in [0.2, 0.25) is 0 Å². The maximum absolute atomic E-state index is 3.76. The molecule has 0 nitrogen and oxygen atoms in total. The summed E-state index contributed by atoms with van der Waals surface area (Å²) >= 11 is 2.01. The average Bonchev–Trinajstić information content (AvgIpc) is 2.24. The van der Waals surface area contributed by atoms with Gasteiger partial charge in [0.1, 0.15) is 0 Å². The van der Waals surface area contributed by atoms with Gasteiger partial charge in [-0.2, -0.15) is 11.8 Å². The zero-order chi connectivity index (χ0) is 10.9. The van der Waals surface area contributed by atoms with E-state index in [1.54, 1.807) is 5.57 Å². The molecule has 0 unspecified atom stereocenters. The normalized spacial score (nSPS) is 31.7. The molecule has 2 bridgehead atoms. The van der Waals surface area contributed by atoms with Gasteiger partial charge in [-0.1, -0.05) is 31.6 Å². The Morgan fingerprint density at radius 2 is 2.40 bits per heavy atom. The van der Waals surface area contributed by atoms with Crippen molar-refractivity contribution in [3.05, 3.63) is 24.3 Å². The number of fused-ring (bicyclic) bond motifs is 1. The van der Waals surface area contributed by atoms with E-state index in [1.165, 1.54) is 25.0 Å². The quantitative estimate of drug-likeness (QED) is 0.494. The van der Waals surface area contributed by atoms with E-state index in [-0.39, 0.29) is 0 Å². The van der Waals surface area contributed by atoms with Crippen LogP contribution < -0.4 is 0 Å². The van der Waals surface area contributed by atoms with E-state index in [0.29, 0.717) is 5.41 Å². The van der Waals surface area contributed by atoms with Crippen molar-refractivity contribution in [3.63, 3.8) is 0 Å². The molecule has 3 rings (SSSR count). The van der Waals surface area contributed by atoms with Crippen molar-refractivity contribution in [2.45, 2.75) is 33.1 Å². The molecule has 3 aliphatic carbocycles. The monoisotopic (exact) mass is 222 g/mol. The van der Waals surface area contributed by atoms with E-state index in [2.05, 4.69) is 26.5 Å². The van der Waals surface area contributed by atoms with Gasteiger partial charge in [0.25, 0.3) is 0 Å². The molecule has 0 heterocycles. The van der Waals surface area contributed by atoms with Crippen LogP contribution in [0.5, 0.6) is 0 Å². The first-order chi connectivity index (χ1) is 7.16. The lowest BCUT2D eigenvalue weighted by Gasteiger charge is -2.56. The lowest BCUT2D eigenvalue weighted by atomic mass is 9.48. The first kappa shape index (κ1) is 11.3. The van der Waals surface area contributed by atoms with E-state index in [9.17, 15) is 0 Å². The highest BCUT2D eigenvalue weighted by Gasteiger charge is 2.50. The highest BCUT2D eigenvalue weighted by atomic mass is 32.2. The lowest BCUT2D eigenvalue weighted by Crippen LogP contribution is -2.48. The number of hydrogen-bond acceptors (Lipinski definition) is 1. The van der Waals surface area contributed by atoms with Crippen LogP contribution in [0, 0.1) is 17.3 Å². The standard InChI is InChI=1S/C14H22S/c1-4-8-15-9-7-11-5-6-12-10-13(11)14(12,2)3/h4-5,12-13H,1,6-10H2,2-3H3/t12-,13-/m1/s1. The van der Waals surface area contributed by atoms with Crippen LogP contribution in [0.3, 0.4) is 0 Å². The minimum Gasteiger partial charge on any atom is -0.158 e. The van der Waals surface area contributed by atoms with Gasteiger partial charge in [-0.15, -0.1) is 6.58 Å². The van der Waals surface area contributed by atoms with Crippen LogP contribution in [0.1, 0.15) is 33.1 Å². The second kappa shape index (κ2) is 4.37. The fraction of sp³-hybridized carbons (Fsp3) is 0.714. The van der Waals surface area contributed by atoms with E-state index < -0.39 is 0 Å². The first-order valence-corrected chi connectivity index (χ1v) is 7.19. The second-order valence-electron chi connectivity index (χ2n) is 5.43. The maximum Gasteiger partial charge on any atom is 0.0110 e. The van der Waals surface area contributed by atoms with Gasteiger partial charge in [0.2, 0.25) is 0 Å². The Morgan fingerprint density at radius 1 is 1.60 bits per heavy atom. The second-order valence-corrected chi connectivity index (χ2v) is 6.58. The molecule has 0 aromatic carbocycles. The van der Waals surface area contributed by atoms with Crippen LogP contribution in [0.4, 0.5) is 0 Å². The zero-order valence-corrected chi connectivity index (χ0v) is 10.8. The predicted molar refractivity (Wildman–Crippen MR) is 70.2 cm³/mol. The van der Waals surface area contributed by atoms with E-state index >= 15 is 0 Å². The molecule has 0 spiro atoms. The van der Waals surface area contributed by atoms with Gasteiger partial charge < -0.3 is 0 Å². The summed E-state index contributed by atoms with van der Waals surface area (Å²) in [5.41, 5.74) is 2.35. The largest absolute Gasteiger partial charge is 0.158 e. The highest BCUT2D eigenvalue weighted by Crippen LogP contribution is 2.59. The molecule has 84 valence electrons. The van der Waals surface area contributed by atoms with Crippen molar-refractivity contribution in [1.29, 1.82) is 0 Å². The highest BCUT2D eigenvalue weighted by molar-refractivity contribution is 7.99. The Labute approximate surface area is 98.2 Å². The summed E-state index contributed by atoms with van der Waals surface area (Å²) in [5.74, 6) is 4.26. The van der Waals surface area contributed by atoms with Crippen molar-refractivity contribution < 1.29 is 0 Å². The average molecular weight is 222 g/mol. The Hall–Kier alpha value is -0.170. The number of rotatable bonds is 5. The lowest BCUT2D eigenvalue weighted by molar-refractivity contribution is -0.00767. The van der Waals surface area contributed by atoms with Crippen molar-refractivity contribution in [2.24, 2.45) is 17.3 Å².